The van der Waals surface area contributed by atoms with Crippen molar-refractivity contribution in [3.8, 4) is 0 Å². The minimum absolute atomic E-state index is 0.0573. The molecule has 3 rings (SSSR count). The van der Waals surface area contributed by atoms with E-state index in [1.54, 1.807) is 6.20 Å². The second-order valence-electron chi connectivity index (χ2n) is 6.53. The van der Waals surface area contributed by atoms with Crippen molar-refractivity contribution in [2.24, 2.45) is 11.7 Å². The van der Waals surface area contributed by atoms with Gasteiger partial charge in [0.1, 0.15) is 5.82 Å². The van der Waals surface area contributed by atoms with Crippen molar-refractivity contribution in [1.29, 1.82) is 0 Å². The summed E-state index contributed by atoms with van der Waals surface area (Å²) < 4.78 is 5.41. The first-order valence-corrected chi connectivity index (χ1v) is 9.01. The van der Waals surface area contributed by atoms with Crippen molar-refractivity contribution in [3.05, 3.63) is 59.8 Å². The molecule has 0 bridgehead atoms. The van der Waals surface area contributed by atoms with E-state index < -0.39 is 0 Å². The lowest BCUT2D eigenvalue weighted by molar-refractivity contribution is -0.125. The molecule has 1 aliphatic rings. The Hall–Kier alpha value is -2.44. The summed E-state index contributed by atoms with van der Waals surface area (Å²) in [7, 11) is 0. The normalized spacial score (nSPS) is 16.8. The van der Waals surface area contributed by atoms with Crippen LogP contribution in [0.5, 0.6) is 0 Å². The van der Waals surface area contributed by atoms with Crippen LogP contribution in [0, 0.1) is 5.92 Å². The number of nitrogens with two attached hydrogens (primary N) is 1. The third-order valence-corrected chi connectivity index (χ3v) is 4.77. The molecule has 1 aromatic carbocycles. The van der Waals surface area contributed by atoms with Crippen LogP contribution in [0.4, 0.5) is 5.82 Å². The molecule has 2 heterocycles. The zero-order chi connectivity index (χ0) is 18.4. The molecule has 0 saturated carbocycles. The third kappa shape index (κ3) is 4.39. The highest BCUT2D eigenvalue weighted by Crippen LogP contribution is 2.21. The van der Waals surface area contributed by atoms with Gasteiger partial charge in [-0.05, 0) is 11.6 Å². The van der Waals surface area contributed by atoms with Gasteiger partial charge in [-0.25, -0.2) is 4.98 Å². The molecule has 1 saturated heterocycles. The number of benzene rings is 1. The van der Waals surface area contributed by atoms with Crippen LogP contribution in [-0.2, 0) is 16.1 Å². The number of nitrogens with one attached hydrogen (secondary N) is 1. The molecule has 2 aromatic rings. The molecule has 1 aliphatic heterocycles. The molecule has 138 valence electrons. The molecular weight excluding hydrogens is 328 g/mol. The molecule has 1 aromatic heterocycles. The highest BCUT2D eigenvalue weighted by molar-refractivity contribution is 5.79. The number of ether oxygens (including phenoxy) is 1. The molecule has 2 unspecified atom stereocenters. The monoisotopic (exact) mass is 354 g/mol. The fraction of sp³-hybridized carbons (Fsp3) is 0.400. The number of anilines is 1. The average molecular weight is 354 g/mol. The summed E-state index contributed by atoms with van der Waals surface area (Å²) in [5.74, 6) is 0.537. The first-order chi connectivity index (χ1) is 12.7. The van der Waals surface area contributed by atoms with E-state index in [0.717, 1.165) is 30.0 Å². The minimum Gasteiger partial charge on any atom is -0.378 e. The van der Waals surface area contributed by atoms with E-state index in [-0.39, 0.29) is 17.9 Å². The lowest BCUT2D eigenvalue weighted by atomic mass is 9.94. The quantitative estimate of drug-likeness (QED) is 0.828. The van der Waals surface area contributed by atoms with Gasteiger partial charge in [0.15, 0.2) is 0 Å². The lowest BCUT2D eigenvalue weighted by Gasteiger charge is -2.29. The molecule has 6 heteroatoms. The van der Waals surface area contributed by atoms with Crippen LogP contribution >= 0.6 is 0 Å². The molecule has 0 spiro atoms. The van der Waals surface area contributed by atoms with E-state index in [1.165, 1.54) is 0 Å². The topological polar surface area (TPSA) is 80.5 Å². The van der Waals surface area contributed by atoms with Crippen LogP contribution in [0.1, 0.15) is 24.1 Å². The van der Waals surface area contributed by atoms with Gasteiger partial charge in [0.05, 0.1) is 19.1 Å². The fourth-order valence-electron chi connectivity index (χ4n) is 3.10. The number of rotatable bonds is 6. The highest BCUT2D eigenvalue weighted by atomic mass is 16.5. The van der Waals surface area contributed by atoms with Crippen LogP contribution in [0.2, 0.25) is 0 Å². The zero-order valence-corrected chi connectivity index (χ0v) is 15.1. The van der Waals surface area contributed by atoms with Gasteiger partial charge in [-0.1, -0.05) is 43.3 Å². The van der Waals surface area contributed by atoms with Crippen LogP contribution in [0.3, 0.4) is 0 Å². The first kappa shape index (κ1) is 18.4. The van der Waals surface area contributed by atoms with Gasteiger partial charge in [0, 0.05) is 37.4 Å². The largest absolute Gasteiger partial charge is 0.378 e. The van der Waals surface area contributed by atoms with Crippen molar-refractivity contribution in [3.63, 3.8) is 0 Å². The second kappa shape index (κ2) is 8.78. The van der Waals surface area contributed by atoms with Crippen LogP contribution in [0.25, 0.3) is 0 Å². The zero-order valence-electron chi connectivity index (χ0n) is 15.1. The minimum atomic E-state index is -0.330. The maximum Gasteiger partial charge on any atom is 0.225 e. The number of carbonyl (C=O) groups excluding carboxylic acids is 1. The first-order valence-electron chi connectivity index (χ1n) is 9.01. The van der Waals surface area contributed by atoms with Gasteiger partial charge >= 0.3 is 0 Å². The predicted molar refractivity (Wildman–Crippen MR) is 102 cm³/mol. The van der Waals surface area contributed by atoms with E-state index >= 15 is 0 Å². The summed E-state index contributed by atoms with van der Waals surface area (Å²) in [4.78, 5) is 19.3. The predicted octanol–water partition coefficient (Wildman–Crippen LogP) is 1.87. The molecular formula is C20H26N4O2. The number of morpholine rings is 1. The molecule has 6 nitrogen and oxygen atoms in total. The van der Waals surface area contributed by atoms with Crippen molar-refractivity contribution in [2.75, 3.05) is 31.2 Å². The number of amides is 1. The average Bonchev–Trinajstić information content (AvgIpc) is 2.72. The van der Waals surface area contributed by atoms with E-state index in [1.807, 2.05) is 49.4 Å². The van der Waals surface area contributed by atoms with Crippen LogP contribution in [0.15, 0.2) is 48.7 Å². The fourth-order valence-corrected chi connectivity index (χ4v) is 3.10. The Labute approximate surface area is 154 Å². The standard InChI is InChI=1S/C20H26N4O2/c1-15(18(21)16-6-3-2-4-7-16)20(25)23-14-17-8-5-9-22-19(17)24-10-12-26-13-11-24/h2-9,15,18H,10-14,21H2,1H3,(H,23,25). The van der Waals surface area contributed by atoms with Gasteiger partial charge in [-0.3, -0.25) is 4.79 Å². The summed E-state index contributed by atoms with van der Waals surface area (Å²) in [6.45, 7) is 5.32. The Morgan fingerprint density at radius 2 is 1.96 bits per heavy atom. The maximum absolute atomic E-state index is 12.6. The number of pyridine rings is 1. The molecule has 3 N–H and O–H groups in total. The van der Waals surface area contributed by atoms with Gasteiger partial charge in [0.25, 0.3) is 0 Å². The van der Waals surface area contributed by atoms with Gasteiger partial charge in [-0.15, -0.1) is 0 Å². The van der Waals surface area contributed by atoms with E-state index in [2.05, 4.69) is 15.2 Å². The lowest BCUT2D eigenvalue weighted by Crippen LogP contribution is -2.38. The summed E-state index contributed by atoms with van der Waals surface area (Å²) in [6.07, 6.45) is 1.78. The molecule has 1 amide bonds. The Morgan fingerprint density at radius 3 is 2.69 bits per heavy atom. The maximum atomic E-state index is 12.6. The van der Waals surface area contributed by atoms with Gasteiger partial charge < -0.3 is 20.7 Å². The van der Waals surface area contributed by atoms with Crippen LogP contribution < -0.4 is 16.0 Å². The van der Waals surface area contributed by atoms with Crippen molar-refractivity contribution in [1.82, 2.24) is 10.3 Å². The smallest absolute Gasteiger partial charge is 0.225 e. The summed E-state index contributed by atoms with van der Waals surface area (Å²) in [5.41, 5.74) is 8.23. The molecule has 0 aliphatic carbocycles. The van der Waals surface area contributed by atoms with Gasteiger partial charge in [-0.2, -0.15) is 0 Å². The van der Waals surface area contributed by atoms with Crippen LogP contribution in [-0.4, -0.2) is 37.2 Å². The SMILES string of the molecule is CC(C(=O)NCc1cccnc1N1CCOCC1)C(N)c1ccccc1. The number of aromatic nitrogens is 1. The number of carbonyl (C=O) groups is 1. The molecule has 0 radical (unpaired) electrons. The molecule has 1 fully saturated rings. The van der Waals surface area contributed by atoms with Gasteiger partial charge in [0.2, 0.25) is 5.91 Å². The molecule has 26 heavy (non-hydrogen) atoms. The Kier molecular flexibility index (Phi) is 6.20. The molecule has 2 atom stereocenters. The van der Waals surface area contributed by atoms with E-state index in [9.17, 15) is 4.79 Å². The second-order valence-corrected chi connectivity index (χ2v) is 6.53. The Balaban J connectivity index is 1.62. The van der Waals surface area contributed by atoms with E-state index in [0.29, 0.717) is 19.8 Å². The number of hydrogen-bond acceptors (Lipinski definition) is 5. The van der Waals surface area contributed by atoms with Crippen molar-refractivity contribution >= 4 is 11.7 Å². The highest BCUT2D eigenvalue weighted by Gasteiger charge is 2.22. The Bertz CT molecular complexity index is 717. The Morgan fingerprint density at radius 1 is 1.23 bits per heavy atom. The number of hydrogen-bond donors (Lipinski definition) is 2. The summed E-state index contributed by atoms with van der Waals surface area (Å²) in [5, 5.41) is 3.01. The third-order valence-electron chi connectivity index (χ3n) is 4.77. The van der Waals surface area contributed by atoms with Crippen molar-refractivity contribution in [2.45, 2.75) is 19.5 Å². The number of nitrogens with zero attached hydrogens (tertiary/aromatic N) is 2. The summed E-state index contributed by atoms with van der Waals surface area (Å²) in [6, 6.07) is 13.3. The van der Waals surface area contributed by atoms with Crippen molar-refractivity contribution < 1.29 is 9.53 Å². The summed E-state index contributed by atoms with van der Waals surface area (Å²) >= 11 is 0. The van der Waals surface area contributed by atoms with E-state index in [4.69, 9.17) is 10.5 Å².